The molecule has 1 fully saturated rings. The molecule has 1 saturated heterocycles. The van der Waals surface area contributed by atoms with Gasteiger partial charge in [-0.2, -0.15) is 0 Å². The minimum absolute atomic E-state index is 0.0367. The summed E-state index contributed by atoms with van der Waals surface area (Å²) in [6, 6.07) is 7.34. The third-order valence-electron chi connectivity index (χ3n) is 7.01. The lowest BCUT2D eigenvalue weighted by atomic mass is 9.73. The summed E-state index contributed by atoms with van der Waals surface area (Å²) in [7, 11) is 0. The molecule has 5 rings (SSSR count). The molecule has 1 spiro atoms. The average molecular weight is 499 g/mol. The smallest absolute Gasteiger partial charge is 0.248 e. The predicted octanol–water partition coefficient (Wildman–Crippen LogP) is 2.22. The molecule has 3 heterocycles. The molecule has 2 aromatic rings. The molecule has 34 heavy (non-hydrogen) atoms. The summed E-state index contributed by atoms with van der Waals surface area (Å²) in [6.45, 7) is 1.60. The van der Waals surface area contributed by atoms with Gasteiger partial charge in [-0.3, -0.25) is 9.80 Å². The Labute approximate surface area is 207 Å². The lowest BCUT2D eigenvalue weighted by molar-refractivity contribution is -0.0195. The predicted molar refractivity (Wildman–Crippen MR) is 134 cm³/mol. The first-order valence-electron chi connectivity index (χ1n) is 11.0. The van der Waals surface area contributed by atoms with Crippen LogP contribution in [0.3, 0.4) is 0 Å². The molecule has 178 valence electrons. The number of aromatic nitrogens is 1. The van der Waals surface area contributed by atoms with E-state index in [9.17, 15) is 4.79 Å². The number of nitrogens with two attached hydrogens (primary N) is 4. The van der Waals surface area contributed by atoms with Gasteiger partial charge in [-0.05, 0) is 54.0 Å². The molecule has 1 aromatic heterocycles. The number of nitrogens with one attached hydrogen (secondary N) is 1. The van der Waals surface area contributed by atoms with Crippen molar-refractivity contribution in [2.75, 3.05) is 18.8 Å². The van der Waals surface area contributed by atoms with E-state index >= 15 is 0 Å². The number of anilines is 1. The first-order valence-corrected chi connectivity index (χ1v) is 12.2. The van der Waals surface area contributed by atoms with E-state index in [1.807, 2.05) is 29.5 Å². The topological polar surface area (TPSA) is 153 Å². The van der Waals surface area contributed by atoms with Crippen molar-refractivity contribution < 1.29 is 4.79 Å². The Morgan fingerprint density at radius 2 is 2.00 bits per heavy atom. The number of amides is 1. The van der Waals surface area contributed by atoms with Crippen LogP contribution in [-0.2, 0) is 6.42 Å². The number of halogens is 1. The minimum atomic E-state index is -0.428. The Bertz CT molecular complexity index is 1210. The number of hydrogen-bond acceptors (Lipinski definition) is 9. The zero-order valence-electron chi connectivity index (χ0n) is 18.5. The van der Waals surface area contributed by atoms with E-state index in [0.717, 1.165) is 47.8 Å². The number of hydrazine groups is 1. The molecule has 3 aliphatic rings. The molecule has 1 aliphatic carbocycles. The van der Waals surface area contributed by atoms with Crippen molar-refractivity contribution in [3.63, 3.8) is 0 Å². The summed E-state index contributed by atoms with van der Waals surface area (Å²) >= 11 is 7.72. The Hall–Kier alpha value is -2.92. The fourth-order valence-corrected chi connectivity index (χ4v) is 6.16. The molecular formula is C23H27ClN8OS. The van der Waals surface area contributed by atoms with Crippen molar-refractivity contribution in [3.05, 3.63) is 75.4 Å². The maximum atomic E-state index is 11.6. The highest BCUT2D eigenvalue weighted by molar-refractivity contribution is 8.03. The van der Waals surface area contributed by atoms with Crippen molar-refractivity contribution in [2.45, 2.75) is 30.2 Å². The van der Waals surface area contributed by atoms with E-state index < -0.39 is 5.91 Å². The zero-order chi connectivity index (χ0) is 24.0. The van der Waals surface area contributed by atoms with E-state index in [4.69, 9.17) is 34.5 Å². The molecule has 9 N–H and O–H groups in total. The van der Waals surface area contributed by atoms with Gasteiger partial charge in [0, 0.05) is 48.2 Å². The third kappa shape index (κ3) is 3.86. The molecule has 1 aromatic carbocycles. The third-order valence-corrected chi connectivity index (χ3v) is 8.61. The van der Waals surface area contributed by atoms with E-state index in [-0.39, 0.29) is 17.3 Å². The molecule has 2 aliphatic heterocycles. The van der Waals surface area contributed by atoms with E-state index in [1.165, 1.54) is 17.3 Å². The molecule has 11 heteroatoms. The first kappa shape index (κ1) is 22.9. The highest BCUT2D eigenvalue weighted by Gasteiger charge is 2.46. The molecule has 9 nitrogen and oxygen atoms in total. The van der Waals surface area contributed by atoms with Crippen molar-refractivity contribution in [2.24, 2.45) is 22.6 Å². The van der Waals surface area contributed by atoms with Crippen LogP contribution in [-0.4, -0.2) is 34.0 Å². The summed E-state index contributed by atoms with van der Waals surface area (Å²) in [4.78, 5) is 16.4. The van der Waals surface area contributed by atoms with Gasteiger partial charge in [-0.15, -0.1) is 0 Å². The summed E-state index contributed by atoms with van der Waals surface area (Å²) in [5.41, 5.74) is 27.3. The molecule has 1 amide bonds. The second-order valence-electron chi connectivity index (χ2n) is 8.88. The lowest BCUT2D eigenvalue weighted by Gasteiger charge is -2.46. The van der Waals surface area contributed by atoms with Crippen LogP contribution in [0.5, 0.6) is 0 Å². The number of benzene rings is 1. The normalized spacial score (nSPS) is 21.6. The van der Waals surface area contributed by atoms with Gasteiger partial charge in [0.2, 0.25) is 5.91 Å². The van der Waals surface area contributed by atoms with Gasteiger partial charge in [0.15, 0.2) is 0 Å². The fraction of sp³-hybridized carbons (Fsp3) is 0.304. The van der Waals surface area contributed by atoms with Gasteiger partial charge in [0.1, 0.15) is 16.7 Å². The van der Waals surface area contributed by atoms with Crippen molar-refractivity contribution >= 4 is 35.1 Å². The van der Waals surface area contributed by atoms with Crippen LogP contribution in [0.4, 0.5) is 5.82 Å². The summed E-state index contributed by atoms with van der Waals surface area (Å²) in [5, 5.41) is 8.58. The van der Waals surface area contributed by atoms with Gasteiger partial charge in [0.05, 0.1) is 5.02 Å². The van der Waals surface area contributed by atoms with Crippen molar-refractivity contribution in [1.29, 1.82) is 0 Å². The van der Waals surface area contributed by atoms with Crippen LogP contribution >= 0.6 is 23.4 Å². The van der Waals surface area contributed by atoms with Gasteiger partial charge in [-0.1, -0.05) is 29.4 Å². The standard InChI is InChI=1S/C23H27ClN8OS/c24-17-16(3-6-29-19(17)26)34-22-20(27)32(10-7-30-22)31-8-4-23(5-9-31)12-14-2-1-13(21(28)33)11-15(14)18(23)25/h1-3,6-7,10-11,18,30H,4-5,8-9,12,25,27H2,(H2,26,29)(H2,28,33)/t18-/m1/s1. The number of rotatable bonds is 4. The highest BCUT2D eigenvalue weighted by atomic mass is 35.5. The Morgan fingerprint density at radius 3 is 2.74 bits per heavy atom. The van der Waals surface area contributed by atoms with Crippen LogP contribution < -0.4 is 28.3 Å². The summed E-state index contributed by atoms with van der Waals surface area (Å²) in [6.07, 6.45) is 8.12. The summed E-state index contributed by atoms with van der Waals surface area (Å²) in [5.74, 6) is 0.440. The Balaban J connectivity index is 1.30. The highest BCUT2D eigenvalue weighted by Crippen LogP contribution is 2.51. The van der Waals surface area contributed by atoms with Crippen LogP contribution in [0, 0.1) is 5.41 Å². The van der Waals surface area contributed by atoms with E-state index in [1.54, 1.807) is 18.3 Å². The van der Waals surface area contributed by atoms with Gasteiger partial charge >= 0.3 is 0 Å². The van der Waals surface area contributed by atoms with Gasteiger partial charge in [-0.25, -0.2) is 9.99 Å². The van der Waals surface area contributed by atoms with Crippen LogP contribution in [0.25, 0.3) is 0 Å². The second kappa shape index (κ2) is 8.70. The van der Waals surface area contributed by atoms with Crippen LogP contribution in [0.2, 0.25) is 5.02 Å². The molecule has 0 saturated carbocycles. The largest absolute Gasteiger partial charge is 0.382 e. The van der Waals surface area contributed by atoms with Gasteiger partial charge in [0.25, 0.3) is 0 Å². The van der Waals surface area contributed by atoms with Crippen molar-refractivity contribution in [1.82, 2.24) is 20.3 Å². The number of nitrogen functional groups attached to an aromatic ring is 1. The SMILES string of the molecule is NC(=O)c1ccc2c(c1)[C@@H](N)C1(CCN(N3C=CNC(Sc4ccnc(N)c4Cl)=C3N)CC1)C2. The monoisotopic (exact) mass is 498 g/mol. The number of fused-ring (bicyclic) bond motifs is 1. The minimum Gasteiger partial charge on any atom is -0.382 e. The molecular weight excluding hydrogens is 472 g/mol. The number of hydrogen-bond donors (Lipinski definition) is 5. The van der Waals surface area contributed by atoms with Crippen LogP contribution in [0.15, 0.2) is 58.6 Å². The number of pyridine rings is 1. The maximum absolute atomic E-state index is 11.6. The Morgan fingerprint density at radius 1 is 1.24 bits per heavy atom. The first-order chi connectivity index (χ1) is 16.3. The zero-order valence-corrected chi connectivity index (χ0v) is 20.1. The molecule has 0 bridgehead atoms. The Kier molecular flexibility index (Phi) is 5.85. The number of carbonyl (C=O) groups is 1. The maximum Gasteiger partial charge on any atom is 0.248 e. The van der Waals surface area contributed by atoms with Crippen molar-refractivity contribution in [3.8, 4) is 0 Å². The van der Waals surface area contributed by atoms with Gasteiger partial charge < -0.3 is 28.3 Å². The number of piperidine rings is 1. The second-order valence-corrected chi connectivity index (χ2v) is 10.3. The molecule has 0 radical (unpaired) electrons. The molecule has 1 atom stereocenters. The number of primary amides is 1. The average Bonchev–Trinajstić information content (AvgIpc) is 3.09. The lowest BCUT2D eigenvalue weighted by Crippen LogP contribution is -2.51. The number of thioether (sulfide) groups is 1. The number of carbonyl (C=O) groups excluding carboxylic acids is 1. The molecule has 0 unspecified atom stereocenters. The number of nitrogens with zero attached hydrogens (tertiary/aromatic N) is 3. The van der Waals surface area contributed by atoms with E-state index in [0.29, 0.717) is 16.4 Å². The quantitative estimate of drug-likeness (QED) is 0.427. The van der Waals surface area contributed by atoms with E-state index in [2.05, 4.69) is 15.3 Å². The van der Waals surface area contributed by atoms with Crippen LogP contribution in [0.1, 0.15) is 40.4 Å². The fourth-order valence-electron chi connectivity index (χ4n) is 5.06. The summed E-state index contributed by atoms with van der Waals surface area (Å²) < 4.78 is 0.